The Morgan fingerprint density at radius 1 is 1.13 bits per heavy atom. The third kappa shape index (κ3) is 3.92. The van der Waals surface area contributed by atoms with Crippen molar-refractivity contribution in [1.29, 1.82) is 0 Å². The van der Waals surface area contributed by atoms with Crippen molar-refractivity contribution >= 4 is 23.5 Å². The first-order valence-electron chi connectivity index (χ1n) is 7.43. The molecule has 1 aliphatic rings. The fourth-order valence-corrected chi connectivity index (χ4v) is 2.49. The van der Waals surface area contributed by atoms with Crippen LogP contribution < -0.4 is 4.57 Å². The van der Waals surface area contributed by atoms with E-state index in [0.29, 0.717) is 0 Å². The minimum Gasteiger partial charge on any atom is -0.376 e. The molecule has 0 bridgehead atoms. The Hall–Kier alpha value is -2.75. The van der Waals surface area contributed by atoms with Gasteiger partial charge in [-0.3, -0.25) is 9.59 Å². The van der Waals surface area contributed by atoms with Crippen LogP contribution in [0.1, 0.15) is 17.3 Å². The van der Waals surface area contributed by atoms with Gasteiger partial charge in [0.15, 0.2) is 12.5 Å². The van der Waals surface area contributed by atoms with Crippen molar-refractivity contribution in [1.82, 2.24) is 4.90 Å². The number of carbonyl (C=O) groups excluding carboxylic acids is 2. The second kappa shape index (κ2) is 7.49. The van der Waals surface area contributed by atoms with Gasteiger partial charge in [-0.05, 0) is 18.6 Å². The number of aldehydes is 2. The molecular weight excluding hydrogens is 288 g/mol. The largest absolute Gasteiger partial charge is 0.376 e. The molecule has 4 nitrogen and oxygen atoms in total. The lowest BCUT2D eigenvalue weighted by molar-refractivity contribution is -0.644. The average Bonchev–Trinajstić information content (AvgIpc) is 2.56. The predicted octanol–water partition coefficient (Wildman–Crippen LogP) is 2.44. The van der Waals surface area contributed by atoms with E-state index in [4.69, 9.17) is 0 Å². The fourth-order valence-electron chi connectivity index (χ4n) is 2.49. The summed E-state index contributed by atoms with van der Waals surface area (Å²) in [4.78, 5) is 23.1. The molecule has 23 heavy (non-hydrogen) atoms. The quantitative estimate of drug-likeness (QED) is 0.632. The third-order valence-electron chi connectivity index (χ3n) is 3.80. The number of fused-ring (bicyclic) bond motifs is 1. The highest BCUT2D eigenvalue weighted by Crippen LogP contribution is 2.12. The number of para-hydroxylation sites is 1. The Morgan fingerprint density at radius 2 is 1.87 bits per heavy atom. The first-order chi connectivity index (χ1) is 11.1. The van der Waals surface area contributed by atoms with Crippen molar-refractivity contribution in [3.8, 4) is 0 Å². The van der Waals surface area contributed by atoms with Crippen molar-refractivity contribution < 1.29 is 14.2 Å². The van der Waals surface area contributed by atoms with Gasteiger partial charge in [-0.1, -0.05) is 18.2 Å². The summed E-state index contributed by atoms with van der Waals surface area (Å²) in [7, 11) is 3.96. The Labute approximate surface area is 136 Å². The Bertz CT molecular complexity index is 791. The molecular formula is C19H21N2O2+. The number of benzene rings is 1. The van der Waals surface area contributed by atoms with Crippen molar-refractivity contribution in [2.24, 2.45) is 7.05 Å². The second-order valence-corrected chi connectivity index (χ2v) is 5.55. The smallest absolute Gasteiger partial charge is 0.212 e. The summed E-state index contributed by atoms with van der Waals surface area (Å²) in [6.45, 7) is 2.78. The van der Waals surface area contributed by atoms with Crippen LogP contribution in [0.5, 0.6) is 0 Å². The maximum absolute atomic E-state index is 10.7. The van der Waals surface area contributed by atoms with Gasteiger partial charge in [-0.25, -0.2) is 4.57 Å². The van der Waals surface area contributed by atoms with E-state index in [1.54, 1.807) is 0 Å². The van der Waals surface area contributed by atoms with Crippen LogP contribution in [-0.2, 0) is 11.8 Å². The summed E-state index contributed by atoms with van der Waals surface area (Å²) in [5.41, 5.74) is 3.68. The van der Waals surface area contributed by atoms with Gasteiger partial charge >= 0.3 is 0 Å². The summed E-state index contributed by atoms with van der Waals surface area (Å²) in [6, 6.07) is 9.70. The number of nitrogens with zero attached hydrogens (tertiary/aromatic N) is 2. The molecule has 3 rings (SSSR count). The Kier molecular flexibility index (Phi) is 5.41. The van der Waals surface area contributed by atoms with Crippen LogP contribution in [0.3, 0.4) is 0 Å². The van der Waals surface area contributed by atoms with Gasteiger partial charge in [-0.15, -0.1) is 0 Å². The number of hydrogen-bond donors (Lipinski definition) is 0. The first kappa shape index (κ1) is 16.6. The molecule has 118 valence electrons. The molecule has 0 aliphatic carbocycles. The van der Waals surface area contributed by atoms with Crippen LogP contribution in [0.4, 0.5) is 0 Å². The number of allylic oxidation sites excluding steroid dienone is 2. The topological polar surface area (TPSA) is 41.3 Å². The molecule has 0 saturated carbocycles. The number of aromatic nitrogens is 1. The summed E-state index contributed by atoms with van der Waals surface area (Å²) >= 11 is 0. The molecule has 0 N–H and O–H groups in total. The third-order valence-corrected chi connectivity index (χ3v) is 3.80. The highest BCUT2D eigenvalue weighted by Gasteiger charge is 2.07. The van der Waals surface area contributed by atoms with Crippen LogP contribution >= 0.6 is 0 Å². The molecule has 1 aromatic carbocycles. The minimum atomic E-state index is 0.744. The molecule has 0 unspecified atom stereocenters. The van der Waals surface area contributed by atoms with E-state index in [1.807, 2.05) is 79.3 Å². The van der Waals surface area contributed by atoms with E-state index in [1.165, 1.54) is 0 Å². The van der Waals surface area contributed by atoms with Gasteiger partial charge < -0.3 is 4.90 Å². The maximum atomic E-state index is 10.7. The fraction of sp³-hybridized carbons (Fsp3) is 0.211. The molecule has 4 heteroatoms. The minimum absolute atomic E-state index is 0.744. The van der Waals surface area contributed by atoms with Crippen LogP contribution in [0.25, 0.3) is 10.9 Å². The van der Waals surface area contributed by atoms with Crippen molar-refractivity contribution in [2.45, 2.75) is 6.92 Å². The van der Waals surface area contributed by atoms with Gasteiger partial charge in [0.05, 0.1) is 5.39 Å². The van der Waals surface area contributed by atoms with Crippen LogP contribution in [0.2, 0.25) is 0 Å². The molecule has 0 amide bonds. The summed E-state index contributed by atoms with van der Waals surface area (Å²) in [6.07, 6.45) is 7.60. The van der Waals surface area contributed by atoms with Gasteiger partial charge in [0.2, 0.25) is 5.52 Å². The molecule has 0 radical (unpaired) electrons. The highest BCUT2D eigenvalue weighted by molar-refractivity contribution is 5.94. The monoisotopic (exact) mass is 309 g/mol. The lowest BCUT2D eigenvalue weighted by Crippen LogP contribution is -2.28. The normalized spacial score (nSPS) is 13.6. The van der Waals surface area contributed by atoms with Crippen LogP contribution in [0.15, 0.2) is 60.0 Å². The standard InChI is InChI=1S/C11H10NO.C8H11NO/c1-12-7-6-9(8-13)10-4-2-3-5-11(10)12;1-7-5-9(2)4-3-8(7)6-10/h2-8H,1H3;3,5-6H,4H2,1-2H3/q+1;. The number of pyridine rings is 1. The van der Waals surface area contributed by atoms with E-state index in [9.17, 15) is 9.59 Å². The average molecular weight is 309 g/mol. The number of likely N-dealkylation sites (N-methyl/N-ethyl adjacent to an activating group) is 1. The highest BCUT2D eigenvalue weighted by atomic mass is 16.1. The molecule has 1 aromatic heterocycles. The Morgan fingerprint density at radius 3 is 2.52 bits per heavy atom. The lowest BCUT2D eigenvalue weighted by Gasteiger charge is -2.18. The number of hydrogen-bond acceptors (Lipinski definition) is 3. The molecule has 2 heterocycles. The maximum Gasteiger partial charge on any atom is 0.212 e. The molecule has 0 saturated heterocycles. The van der Waals surface area contributed by atoms with Crippen LogP contribution in [-0.4, -0.2) is 31.1 Å². The van der Waals surface area contributed by atoms with Gasteiger partial charge in [0.1, 0.15) is 13.3 Å². The lowest BCUT2D eigenvalue weighted by atomic mass is 10.1. The van der Waals surface area contributed by atoms with Gasteiger partial charge in [0.25, 0.3) is 0 Å². The van der Waals surface area contributed by atoms with Crippen LogP contribution in [0, 0.1) is 0 Å². The van der Waals surface area contributed by atoms with E-state index < -0.39 is 0 Å². The van der Waals surface area contributed by atoms with Crippen molar-refractivity contribution in [3.63, 3.8) is 0 Å². The zero-order valence-electron chi connectivity index (χ0n) is 13.7. The van der Waals surface area contributed by atoms with Crippen molar-refractivity contribution in [2.75, 3.05) is 13.6 Å². The van der Waals surface area contributed by atoms with E-state index >= 15 is 0 Å². The van der Waals surface area contributed by atoms with E-state index in [2.05, 4.69) is 0 Å². The molecule has 0 spiro atoms. The number of aryl methyl sites for hydroxylation is 1. The number of carbonyl (C=O) groups is 2. The van der Waals surface area contributed by atoms with Gasteiger partial charge in [0, 0.05) is 43.1 Å². The second-order valence-electron chi connectivity index (χ2n) is 5.55. The Balaban J connectivity index is 0.000000174. The zero-order chi connectivity index (χ0) is 16.8. The van der Waals surface area contributed by atoms with E-state index in [-0.39, 0.29) is 0 Å². The summed E-state index contributed by atoms with van der Waals surface area (Å²) in [5, 5.41) is 1.00. The molecule has 0 atom stereocenters. The molecule has 0 fully saturated rings. The first-order valence-corrected chi connectivity index (χ1v) is 7.43. The van der Waals surface area contributed by atoms with E-state index in [0.717, 1.165) is 46.7 Å². The summed E-state index contributed by atoms with van der Waals surface area (Å²) in [5.74, 6) is 0. The van der Waals surface area contributed by atoms with Gasteiger partial charge in [-0.2, -0.15) is 0 Å². The summed E-state index contributed by atoms with van der Waals surface area (Å²) < 4.78 is 2.00. The number of rotatable bonds is 2. The zero-order valence-corrected chi connectivity index (χ0v) is 13.7. The molecule has 1 aliphatic heterocycles. The molecule has 2 aromatic rings. The predicted molar refractivity (Wildman–Crippen MR) is 91.0 cm³/mol. The van der Waals surface area contributed by atoms with Crippen molar-refractivity contribution in [3.05, 3.63) is 65.5 Å². The SMILES string of the molecule is CC1=CN(C)CC=C1C=O.C[n+]1ccc(C=O)c2ccccc21.